The summed E-state index contributed by atoms with van der Waals surface area (Å²) in [6.45, 7) is 1.41. The number of aromatic nitrogens is 1. The van der Waals surface area contributed by atoms with E-state index >= 15 is 0 Å². The van der Waals surface area contributed by atoms with E-state index in [0.717, 1.165) is 30.8 Å². The van der Waals surface area contributed by atoms with E-state index in [2.05, 4.69) is 16.4 Å². The zero-order chi connectivity index (χ0) is 11.6. The number of hydrogen-bond donors (Lipinski definition) is 1. The van der Waals surface area contributed by atoms with E-state index in [0.29, 0.717) is 13.0 Å². The predicted molar refractivity (Wildman–Crippen MR) is 62.0 cm³/mol. The largest absolute Gasteiger partial charge is 0.492 e. The lowest BCUT2D eigenvalue weighted by Gasteiger charge is -2.05. The molecule has 16 heavy (non-hydrogen) atoms. The lowest BCUT2D eigenvalue weighted by atomic mass is 10.2. The van der Waals surface area contributed by atoms with Crippen molar-refractivity contribution >= 4 is 0 Å². The Kier molecular flexibility index (Phi) is 5.97. The number of pyridine rings is 1. The van der Waals surface area contributed by atoms with Crippen LogP contribution in [-0.2, 0) is 6.54 Å². The molecule has 0 aliphatic rings. The van der Waals surface area contributed by atoms with Gasteiger partial charge in [0, 0.05) is 13.0 Å². The average molecular weight is 219 g/mol. The third kappa shape index (κ3) is 4.76. The van der Waals surface area contributed by atoms with Crippen LogP contribution in [0.15, 0.2) is 18.3 Å². The molecule has 1 aromatic rings. The summed E-state index contributed by atoms with van der Waals surface area (Å²) in [5.41, 5.74) is 0.999. The Bertz CT molecular complexity index is 329. The van der Waals surface area contributed by atoms with Crippen LogP contribution < -0.4 is 10.1 Å². The van der Waals surface area contributed by atoms with Gasteiger partial charge in [-0.05, 0) is 32.0 Å². The van der Waals surface area contributed by atoms with Gasteiger partial charge in [0.05, 0.1) is 24.6 Å². The molecular weight excluding hydrogens is 202 g/mol. The van der Waals surface area contributed by atoms with E-state index in [9.17, 15) is 0 Å². The van der Waals surface area contributed by atoms with Gasteiger partial charge in [0.2, 0.25) is 0 Å². The molecule has 0 saturated heterocycles. The fourth-order valence-corrected chi connectivity index (χ4v) is 1.28. The summed E-state index contributed by atoms with van der Waals surface area (Å²) in [7, 11) is 1.89. The minimum absolute atomic E-state index is 0.600. The van der Waals surface area contributed by atoms with E-state index in [4.69, 9.17) is 10.00 Å². The van der Waals surface area contributed by atoms with Crippen molar-refractivity contribution in [1.82, 2.24) is 10.3 Å². The van der Waals surface area contributed by atoms with Gasteiger partial charge in [0.15, 0.2) is 0 Å². The number of rotatable bonds is 7. The van der Waals surface area contributed by atoms with Crippen molar-refractivity contribution in [3.05, 3.63) is 24.0 Å². The van der Waals surface area contributed by atoms with Gasteiger partial charge in [-0.15, -0.1) is 0 Å². The molecule has 0 bridgehead atoms. The molecule has 0 atom stereocenters. The van der Waals surface area contributed by atoms with E-state index in [-0.39, 0.29) is 0 Å². The zero-order valence-electron chi connectivity index (χ0n) is 9.57. The zero-order valence-corrected chi connectivity index (χ0v) is 9.57. The number of nitrogens with one attached hydrogen (secondary N) is 1. The van der Waals surface area contributed by atoms with Crippen LogP contribution >= 0.6 is 0 Å². The molecule has 86 valence electrons. The fourth-order valence-electron chi connectivity index (χ4n) is 1.28. The van der Waals surface area contributed by atoms with Gasteiger partial charge in [-0.3, -0.25) is 4.98 Å². The summed E-state index contributed by atoms with van der Waals surface area (Å²) in [6, 6.07) is 5.98. The van der Waals surface area contributed by atoms with Crippen molar-refractivity contribution in [3.63, 3.8) is 0 Å². The maximum Gasteiger partial charge on any atom is 0.137 e. The van der Waals surface area contributed by atoms with E-state index in [1.165, 1.54) is 0 Å². The third-order valence-electron chi connectivity index (χ3n) is 2.11. The Hall–Kier alpha value is -1.60. The standard InChI is InChI=1S/C12H17N3O/c1-14-9-11-5-6-12(10-15-11)16-8-4-2-3-7-13/h5-6,10,14H,2-4,8-9H2,1H3. The van der Waals surface area contributed by atoms with Crippen LogP contribution in [0.4, 0.5) is 0 Å². The van der Waals surface area contributed by atoms with Crippen LogP contribution in [0.25, 0.3) is 0 Å². The topological polar surface area (TPSA) is 57.9 Å². The molecule has 1 heterocycles. The Morgan fingerprint density at radius 2 is 2.31 bits per heavy atom. The molecule has 0 amide bonds. The quantitative estimate of drug-likeness (QED) is 0.711. The smallest absolute Gasteiger partial charge is 0.137 e. The van der Waals surface area contributed by atoms with Gasteiger partial charge in [-0.25, -0.2) is 0 Å². The van der Waals surface area contributed by atoms with Crippen molar-refractivity contribution in [2.24, 2.45) is 0 Å². The minimum Gasteiger partial charge on any atom is -0.492 e. The van der Waals surface area contributed by atoms with E-state index in [1.807, 2.05) is 19.2 Å². The van der Waals surface area contributed by atoms with Crippen molar-refractivity contribution in [2.45, 2.75) is 25.8 Å². The monoisotopic (exact) mass is 219 g/mol. The highest BCUT2D eigenvalue weighted by Gasteiger charge is 1.96. The second-order valence-corrected chi connectivity index (χ2v) is 3.48. The molecule has 4 nitrogen and oxygen atoms in total. The molecule has 0 aromatic carbocycles. The highest BCUT2D eigenvalue weighted by Crippen LogP contribution is 2.09. The van der Waals surface area contributed by atoms with Gasteiger partial charge in [0.1, 0.15) is 5.75 Å². The number of nitriles is 1. The number of nitrogens with zero attached hydrogens (tertiary/aromatic N) is 2. The average Bonchev–Trinajstić information content (AvgIpc) is 2.31. The first-order chi connectivity index (χ1) is 7.86. The molecule has 0 aliphatic heterocycles. The second kappa shape index (κ2) is 7.66. The molecule has 1 rings (SSSR count). The highest BCUT2D eigenvalue weighted by atomic mass is 16.5. The van der Waals surface area contributed by atoms with Crippen molar-refractivity contribution < 1.29 is 4.74 Å². The van der Waals surface area contributed by atoms with Crippen LogP contribution in [-0.4, -0.2) is 18.6 Å². The fraction of sp³-hybridized carbons (Fsp3) is 0.500. The highest BCUT2D eigenvalue weighted by molar-refractivity contribution is 5.19. The van der Waals surface area contributed by atoms with Gasteiger partial charge in [-0.2, -0.15) is 5.26 Å². The Labute approximate surface area is 96.3 Å². The predicted octanol–water partition coefficient (Wildman–Crippen LogP) is 1.87. The maximum atomic E-state index is 8.36. The van der Waals surface area contributed by atoms with Gasteiger partial charge in [-0.1, -0.05) is 0 Å². The molecule has 0 saturated carbocycles. The van der Waals surface area contributed by atoms with Gasteiger partial charge < -0.3 is 10.1 Å². The lowest BCUT2D eigenvalue weighted by molar-refractivity contribution is 0.306. The van der Waals surface area contributed by atoms with Crippen LogP contribution in [0.1, 0.15) is 25.0 Å². The van der Waals surface area contributed by atoms with Crippen molar-refractivity contribution in [1.29, 1.82) is 5.26 Å². The molecule has 0 unspecified atom stereocenters. The summed E-state index contributed by atoms with van der Waals surface area (Å²) in [5, 5.41) is 11.4. The summed E-state index contributed by atoms with van der Waals surface area (Å²) in [6.07, 6.45) is 4.13. The first-order valence-corrected chi connectivity index (χ1v) is 5.46. The maximum absolute atomic E-state index is 8.36. The minimum atomic E-state index is 0.600. The van der Waals surface area contributed by atoms with E-state index in [1.54, 1.807) is 6.20 Å². The summed E-state index contributed by atoms with van der Waals surface area (Å²) >= 11 is 0. The molecule has 0 fully saturated rings. The second-order valence-electron chi connectivity index (χ2n) is 3.48. The molecule has 0 aliphatic carbocycles. The molecule has 1 aromatic heterocycles. The van der Waals surface area contributed by atoms with Crippen LogP contribution in [0.3, 0.4) is 0 Å². The Morgan fingerprint density at radius 1 is 1.44 bits per heavy atom. The summed E-state index contributed by atoms with van der Waals surface area (Å²) in [4.78, 5) is 4.24. The first kappa shape index (κ1) is 12.5. The molecular formula is C12H17N3O. The van der Waals surface area contributed by atoms with Crippen molar-refractivity contribution in [2.75, 3.05) is 13.7 Å². The molecule has 0 radical (unpaired) electrons. The molecule has 4 heteroatoms. The molecule has 0 spiro atoms. The Morgan fingerprint density at radius 3 is 2.94 bits per heavy atom. The normalized spacial score (nSPS) is 9.75. The lowest BCUT2D eigenvalue weighted by Crippen LogP contribution is -2.06. The molecule has 1 N–H and O–H groups in total. The van der Waals surface area contributed by atoms with Gasteiger partial charge >= 0.3 is 0 Å². The van der Waals surface area contributed by atoms with Gasteiger partial charge in [0.25, 0.3) is 0 Å². The third-order valence-corrected chi connectivity index (χ3v) is 2.11. The number of hydrogen-bond acceptors (Lipinski definition) is 4. The first-order valence-electron chi connectivity index (χ1n) is 5.46. The summed E-state index contributed by atoms with van der Waals surface area (Å²) in [5.74, 6) is 0.789. The van der Waals surface area contributed by atoms with Crippen LogP contribution in [0.2, 0.25) is 0 Å². The summed E-state index contributed by atoms with van der Waals surface area (Å²) < 4.78 is 5.49. The van der Waals surface area contributed by atoms with Crippen molar-refractivity contribution in [3.8, 4) is 11.8 Å². The van der Waals surface area contributed by atoms with E-state index < -0.39 is 0 Å². The van der Waals surface area contributed by atoms with Crippen LogP contribution in [0, 0.1) is 11.3 Å². The SMILES string of the molecule is CNCc1ccc(OCCCCC#N)cn1. The number of unbranched alkanes of at least 4 members (excludes halogenated alkanes) is 2. The Balaban J connectivity index is 2.24. The van der Waals surface area contributed by atoms with Crippen LogP contribution in [0.5, 0.6) is 5.75 Å². The number of ether oxygens (including phenoxy) is 1.